The summed E-state index contributed by atoms with van der Waals surface area (Å²) >= 11 is 1.74. The van der Waals surface area contributed by atoms with Crippen LogP contribution in [0, 0.1) is 0 Å². The zero-order chi connectivity index (χ0) is 16.9. The predicted octanol–water partition coefficient (Wildman–Crippen LogP) is 3.06. The zero-order valence-corrected chi connectivity index (χ0v) is 14.5. The molecule has 1 N–H and O–H groups in total. The van der Waals surface area contributed by atoms with Crippen LogP contribution in [-0.2, 0) is 11.8 Å². The molecule has 0 spiro atoms. The maximum atomic E-state index is 12.3. The quantitative estimate of drug-likeness (QED) is 0.906. The van der Waals surface area contributed by atoms with Crippen LogP contribution >= 0.6 is 11.8 Å². The standard InChI is InChI=1S/C18H21N3O2S/c1-21-18(23)11-10-16(20-21)14-8-4-5-9-15(14)19-17(22)12-24-13-6-2-3-7-13/h4-5,8-11,13H,2-3,6-7,12H2,1H3,(H,19,22). The lowest BCUT2D eigenvalue weighted by atomic mass is 10.1. The molecule has 24 heavy (non-hydrogen) atoms. The number of aryl methyl sites for hydroxylation is 1. The van der Waals surface area contributed by atoms with Crippen LogP contribution in [0.1, 0.15) is 25.7 Å². The first-order chi connectivity index (χ1) is 11.6. The van der Waals surface area contributed by atoms with Crippen LogP contribution in [0.3, 0.4) is 0 Å². The lowest BCUT2D eigenvalue weighted by Gasteiger charge is -2.12. The van der Waals surface area contributed by atoms with E-state index in [-0.39, 0.29) is 11.5 Å². The Labute approximate surface area is 145 Å². The summed E-state index contributed by atoms with van der Waals surface area (Å²) < 4.78 is 1.30. The molecule has 1 amide bonds. The van der Waals surface area contributed by atoms with Crippen molar-refractivity contribution in [3.05, 3.63) is 46.8 Å². The number of hydrogen-bond acceptors (Lipinski definition) is 4. The second-order valence-corrected chi connectivity index (χ2v) is 7.28. The lowest BCUT2D eigenvalue weighted by Crippen LogP contribution is -2.19. The predicted molar refractivity (Wildman–Crippen MR) is 98.3 cm³/mol. The van der Waals surface area contributed by atoms with E-state index in [1.807, 2.05) is 24.3 Å². The average Bonchev–Trinajstić information content (AvgIpc) is 3.10. The van der Waals surface area contributed by atoms with Crippen molar-refractivity contribution in [2.75, 3.05) is 11.1 Å². The highest BCUT2D eigenvalue weighted by atomic mass is 32.2. The number of nitrogens with one attached hydrogen (secondary N) is 1. The first kappa shape index (κ1) is 16.8. The topological polar surface area (TPSA) is 64.0 Å². The van der Waals surface area contributed by atoms with Crippen molar-refractivity contribution in [3.8, 4) is 11.3 Å². The highest BCUT2D eigenvalue weighted by molar-refractivity contribution is 8.00. The molecule has 3 rings (SSSR count). The van der Waals surface area contributed by atoms with Crippen LogP contribution in [-0.4, -0.2) is 26.7 Å². The Morgan fingerprint density at radius 2 is 2.00 bits per heavy atom. The molecule has 2 aromatic rings. The van der Waals surface area contributed by atoms with Gasteiger partial charge in [0, 0.05) is 23.9 Å². The third kappa shape index (κ3) is 4.06. The molecule has 1 aliphatic carbocycles. The number of benzene rings is 1. The molecule has 1 aliphatic rings. The van der Waals surface area contributed by atoms with Crippen LogP contribution in [0.4, 0.5) is 5.69 Å². The van der Waals surface area contributed by atoms with E-state index in [2.05, 4.69) is 10.4 Å². The molecule has 6 heteroatoms. The van der Waals surface area contributed by atoms with Crippen molar-refractivity contribution in [1.82, 2.24) is 9.78 Å². The summed E-state index contributed by atoms with van der Waals surface area (Å²) in [5.74, 6) is 0.476. The van der Waals surface area contributed by atoms with E-state index in [1.54, 1.807) is 24.9 Å². The van der Waals surface area contributed by atoms with Gasteiger partial charge in [-0.15, -0.1) is 11.8 Å². The second kappa shape index (κ2) is 7.66. The fraction of sp³-hybridized carbons (Fsp3) is 0.389. The largest absolute Gasteiger partial charge is 0.325 e. The number of carbonyl (C=O) groups excluding carboxylic acids is 1. The second-order valence-electron chi connectivity index (χ2n) is 5.99. The molecule has 126 valence electrons. The van der Waals surface area contributed by atoms with Crippen molar-refractivity contribution >= 4 is 23.4 Å². The molecule has 0 aliphatic heterocycles. The summed E-state index contributed by atoms with van der Waals surface area (Å²) in [5, 5.41) is 7.87. The van der Waals surface area contributed by atoms with E-state index in [9.17, 15) is 9.59 Å². The maximum absolute atomic E-state index is 12.3. The number of rotatable bonds is 5. The monoisotopic (exact) mass is 343 g/mol. The number of anilines is 1. The highest BCUT2D eigenvalue weighted by Gasteiger charge is 2.17. The number of aromatic nitrogens is 2. The number of para-hydroxylation sites is 1. The van der Waals surface area contributed by atoms with Gasteiger partial charge >= 0.3 is 0 Å². The van der Waals surface area contributed by atoms with Crippen molar-refractivity contribution < 1.29 is 4.79 Å². The normalized spacial score (nSPS) is 14.7. The van der Waals surface area contributed by atoms with Gasteiger partial charge in [0.25, 0.3) is 5.56 Å². The third-order valence-electron chi connectivity index (χ3n) is 4.19. The number of carbonyl (C=O) groups is 1. The molecule has 0 atom stereocenters. The maximum Gasteiger partial charge on any atom is 0.266 e. The fourth-order valence-electron chi connectivity index (χ4n) is 2.90. The van der Waals surface area contributed by atoms with Gasteiger partial charge in [0.1, 0.15) is 0 Å². The Morgan fingerprint density at radius 1 is 1.25 bits per heavy atom. The van der Waals surface area contributed by atoms with Gasteiger partial charge in [0.2, 0.25) is 5.91 Å². The van der Waals surface area contributed by atoms with Crippen LogP contribution in [0.25, 0.3) is 11.3 Å². The van der Waals surface area contributed by atoms with Crippen LogP contribution in [0.15, 0.2) is 41.2 Å². The number of amides is 1. The summed E-state index contributed by atoms with van der Waals surface area (Å²) in [6.07, 6.45) is 4.99. The van der Waals surface area contributed by atoms with E-state index < -0.39 is 0 Å². The van der Waals surface area contributed by atoms with E-state index in [1.165, 1.54) is 36.4 Å². The summed E-state index contributed by atoms with van der Waals surface area (Å²) in [5.41, 5.74) is 2.04. The van der Waals surface area contributed by atoms with Crippen molar-refractivity contribution in [3.63, 3.8) is 0 Å². The van der Waals surface area contributed by atoms with E-state index >= 15 is 0 Å². The van der Waals surface area contributed by atoms with Crippen LogP contribution < -0.4 is 10.9 Å². The SMILES string of the molecule is Cn1nc(-c2ccccc2NC(=O)CSC2CCCC2)ccc1=O. The zero-order valence-electron chi connectivity index (χ0n) is 13.7. The van der Waals surface area contributed by atoms with Crippen molar-refractivity contribution in [2.24, 2.45) is 7.05 Å². The van der Waals surface area contributed by atoms with Gasteiger partial charge in [0.05, 0.1) is 17.1 Å². The lowest BCUT2D eigenvalue weighted by molar-refractivity contribution is -0.113. The average molecular weight is 343 g/mol. The number of nitrogens with zero attached hydrogens (tertiary/aromatic N) is 2. The minimum Gasteiger partial charge on any atom is -0.325 e. The molecule has 0 radical (unpaired) electrons. The van der Waals surface area contributed by atoms with Gasteiger partial charge in [-0.05, 0) is 25.0 Å². The van der Waals surface area contributed by atoms with Gasteiger partial charge < -0.3 is 5.32 Å². The van der Waals surface area contributed by atoms with Crippen LogP contribution in [0.2, 0.25) is 0 Å². The summed E-state index contributed by atoms with van der Waals surface area (Å²) in [4.78, 5) is 23.8. The molecule has 1 fully saturated rings. The fourth-order valence-corrected chi connectivity index (χ4v) is 4.02. The molecule has 0 saturated heterocycles. The molecule has 1 aromatic carbocycles. The molecular weight excluding hydrogens is 322 g/mol. The molecule has 0 unspecified atom stereocenters. The summed E-state index contributed by atoms with van der Waals surface area (Å²) in [6, 6.07) is 10.7. The smallest absolute Gasteiger partial charge is 0.266 e. The van der Waals surface area contributed by atoms with Crippen LogP contribution in [0.5, 0.6) is 0 Å². The van der Waals surface area contributed by atoms with E-state index in [0.717, 1.165) is 11.3 Å². The Morgan fingerprint density at radius 3 is 2.75 bits per heavy atom. The molecule has 0 bridgehead atoms. The minimum absolute atomic E-state index is 0.00386. The Kier molecular flexibility index (Phi) is 5.35. The Balaban J connectivity index is 1.72. The van der Waals surface area contributed by atoms with Gasteiger partial charge in [-0.3, -0.25) is 9.59 Å². The first-order valence-corrected chi connectivity index (χ1v) is 9.23. The first-order valence-electron chi connectivity index (χ1n) is 8.19. The molecular formula is C18H21N3O2S. The molecule has 1 saturated carbocycles. The van der Waals surface area contributed by atoms with E-state index in [0.29, 0.717) is 16.7 Å². The van der Waals surface area contributed by atoms with E-state index in [4.69, 9.17) is 0 Å². The summed E-state index contributed by atoms with van der Waals surface area (Å²) in [6.45, 7) is 0. The van der Waals surface area contributed by atoms with Gasteiger partial charge in [-0.25, -0.2) is 4.68 Å². The minimum atomic E-state index is -0.159. The molecule has 5 nitrogen and oxygen atoms in total. The third-order valence-corrected chi connectivity index (χ3v) is 5.56. The molecule has 1 heterocycles. The Bertz CT molecular complexity index is 782. The summed E-state index contributed by atoms with van der Waals surface area (Å²) in [7, 11) is 1.62. The van der Waals surface area contributed by atoms with Crippen molar-refractivity contribution in [1.29, 1.82) is 0 Å². The molecule has 1 aromatic heterocycles. The highest BCUT2D eigenvalue weighted by Crippen LogP contribution is 2.30. The van der Waals surface area contributed by atoms with Gasteiger partial charge in [-0.2, -0.15) is 5.10 Å². The Hall–Kier alpha value is -2.08. The van der Waals surface area contributed by atoms with Gasteiger partial charge in [-0.1, -0.05) is 31.0 Å². The van der Waals surface area contributed by atoms with Gasteiger partial charge in [0.15, 0.2) is 0 Å². The number of thioether (sulfide) groups is 1. The van der Waals surface area contributed by atoms with Crippen molar-refractivity contribution in [2.45, 2.75) is 30.9 Å². The number of hydrogen-bond donors (Lipinski definition) is 1.